The van der Waals surface area contributed by atoms with E-state index >= 15 is 0 Å². The van der Waals surface area contributed by atoms with Gasteiger partial charge in [-0.3, -0.25) is 9.59 Å². The third-order valence-corrected chi connectivity index (χ3v) is 3.67. The third-order valence-electron chi connectivity index (χ3n) is 3.67. The van der Waals surface area contributed by atoms with Gasteiger partial charge in [0.2, 0.25) is 0 Å². The zero-order valence-electron chi connectivity index (χ0n) is 12.8. The van der Waals surface area contributed by atoms with E-state index in [1.54, 1.807) is 26.1 Å². The molecule has 0 saturated heterocycles. The molecule has 0 saturated carbocycles. The molecule has 3 N–H and O–H groups in total. The Morgan fingerprint density at radius 3 is 2.70 bits per heavy atom. The maximum atomic E-state index is 12.4. The number of aryl methyl sites for hydroxylation is 2. The van der Waals surface area contributed by atoms with Crippen molar-refractivity contribution in [3.8, 4) is 0 Å². The maximum Gasteiger partial charge on any atom is 0.284 e. The minimum Gasteiger partial charge on any atom is -0.365 e. The Hall–Kier alpha value is -3.15. The van der Waals surface area contributed by atoms with Crippen LogP contribution in [0, 0.1) is 13.8 Å². The van der Waals surface area contributed by atoms with Crippen LogP contribution in [0.15, 0.2) is 46.3 Å². The number of para-hydroxylation sites is 1. The lowest BCUT2D eigenvalue weighted by Gasteiger charge is -2.07. The van der Waals surface area contributed by atoms with E-state index in [1.165, 1.54) is 4.68 Å². The molecule has 23 heavy (non-hydrogen) atoms. The predicted octanol–water partition coefficient (Wildman–Crippen LogP) is 1.93. The lowest BCUT2D eigenvalue weighted by Crippen LogP contribution is -2.30. The lowest BCUT2D eigenvalue weighted by atomic mass is 10.1. The van der Waals surface area contributed by atoms with Crippen LogP contribution < -0.4 is 11.3 Å². The Bertz CT molecular complexity index is 962. The van der Waals surface area contributed by atoms with Gasteiger partial charge in [-0.15, -0.1) is 0 Å². The van der Waals surface area contributed by atoms with Crippen molar-refractivity contribution in [2.75, 3.05) is 0 Å². The number of benzene rings is 1. The number of hydrogen-bond acceptors (Lipinski definition) is 3. The van der Waals surface area contributed by atoms with Gasteiger partial charge in [0.05, 0.1) is 11.9 Å². The maximum absolute atomic E-state index is 12.4. The van der Waals surface area contributed by atoms with Gasteiger partial charge in [0.25, 0.3) is 11.5 Å². The fourth-order valence-electron chi connectivity index (χ4n) is 2.61. The lowest BCUT2D eigenvalue weighted by molar-refractivity contribution is 0.0997. The zero-order valence-corrected chi connectivity index (χ0v) is 12.8. The SMILES string of the molecule is Cc1cc(C)n(/N=C/c2cc3ccccc3[nH]2)c(=O)c1C(N)=O. The van der Waals surface area contributed by atoms with Crippen molar-refractivity contribution in [2.45, 2.75) is 13.8 Å². The Morgan fingerprint density at radius 1 is 1.26 bits per heavy atom. The Morgan fingerprint density at radius 2 is 2.00 bits per heavy atom. The fraction of sp³-hybridized carbons (Fsp3) is 0.118. The van der Waals surface area contributed by atoms with Crippen molar-refractivity contribution >= 4 is 23.0 Å². The minimum atomic E-state index is -0.748. The first kappa shape index (κ1) is 14.8. The van der Waals surface area contributed by atoms with Crippen LogP contribution in [-0.4, -0.2) is 21.8 Å². The first-order valence-corrected chi connectivity index (χ1v) is 7.12. The van der Waals surface area contributed by atoms with Crippen LogP contribution in [0.3, 0.4) is 0 Å². The molecule has 116 valence electrons. The van der Waals surface area contributed by atoms with E-state index in [4.69, 9.17) is 5.73 Å². The van der Waals surface area contributed by atoms with Crippen LogP contribution in [0.4, 0.5) is 0 Å². The summed E-state index contributed by atoms with van der Waals surface area (Å²) in [6, 6.07) is 11.5. The van der Waals surface area contributed by atoms with Gasteiger partial charge >= 0.3 is 0 Å². The molecule has 0 aliphatic rings. The van der Waals surface area contributed by atoms with E-state index in [1.807, 2.05) is 30.3 Å². The summed E-state index contributed by atoms with van der Waals surface area (Å²) >= 11 is 0. The number of carbonyl (C=O) groups excluding carboxylic acids is 1. The van der Waals surface area contributed by atoms with Crippen molar-refractivity contribution < 1.29 is 4.79 Å². The number of rotatable bonds is 3. The third kappa shape index (κ3) is 2.66. The number of pyridine rings is 1. The molecule has 0 aliphatic heterocycles. The van der Waals surface area contributed by atoms with E-state index in [9.17, 15) is 9.59 Å². The average molecular weight is 308 g/mol. The largest absolute Gasteiger partial charge is 0.365 e. The number of aromatic nitrogens is 2. The highest BCUT2D eigenvalue weighted by atomic mass is 16.2. The molecule has 0 aliphatic carbocycles. The van der Waals surface area contributed by atoms with Gasteiger partial charge < -0.3 is 10.7 Å². The van der Waals surface area contributed by atoms with Crippen molar-refractivity contribution in [1.29, 1.82) is 0 Å². The van der Waals surface area contributed by atoms with E-state index < -0.39 is 11.5 Å². The van der Waals surface area contributed by atoms with Gasteiger partial charge in [0.1, 0.15) is 5.56 Å². The van der Waals surface area contributed by atoms with Crippen molar-refractivity contribution in [2.24, 2.45) is 10.8 Å². The number of fused-ring (bicyclic) bond motifs is 1. The molecule has 0 unspecified atom stereocenters. The number of nitrogens with one attached hydrogen (secondary N) is 1. The number of nitrogens with two attached hydrogens (primary N) is 1. The van der Waals surface area contributed by atoms with Gasteiger partial charge in [-0.2, -0.15) is 5.10 Å². The molecule has 0 atom stereocenters. The summed E-state index contributed by atoms with van der Waals surface area (Å²) in [5.74, 6) is -0.748. The monoisotopic (exact) mass is 308 g/mol. The van der Waals surface area contributed by atoms with Crippen molar-refractivity contribution in [3.63, 3.8) is 0 Å². The van der Waals surface area contributed by atoms with E-state index in [2.05, 4.69) is 10.1 Å². The highest BCUT2D eigenvalue weighted by molar-refractivity contribution is 5.94. The van der Waals surface area contributed by atoms with Crippen LogP contribution >= 0.6 is 0 Å². The van der Waals surface area contributed by atoms with Gasteiger partial charge in [-0.25, -0.2) is 4.68 Å². The number of aromatic amines is 1. The normalized spacial score (nSPS) is 11.4. The number of carbonyl (C=O) groups is 1. The Labute approximate surface area is 132 Å². The topological polar surface area (TPSA) is 93.2 Å². The van der Waals surface area contributed by atoms with Gasteiger partial charge in [-0.1, -0.05) is 18.2 Å². The second kappa shape index (κ2) is 5.57. The van der Waals surface area contributed by atoms with Crippen LogP contribution in [0.2, 0.25) is 0 Å². The molecule has 0 bridgehead atoms. The minimum absolute atomic E-state index is 0.0376. The number of H-pyrrole nitrogens is 1. The van der Waals surface area contributed by atoms with Crippen LogP contribution in [-0.2, 0) is 0 Å². The van der Waals surface area contributed by atoms with Gasteiger partial charge in [-0.05, 0) is 37.6 Å². The summed E-state index contributed by atoms with van der Waals surface area (Å²) < 4.78 is 1.18. The summed E-state index contributed by atoms with van der Waals surface area (Å²) in [6.07, 6.45) is 1.55. The number of amides is 1. The quantitative estimate of drug-likeness (QED) is 0.723. The summed E-state index contributed by atoms with van der Waals surface area (Å²) in [6.45, 7) is 3.43. The first-order valence-electron chi connectivity index (χ1n) is 7.12. The molecule has 2 aromatic heterocycles. The number of hydrogen-bond donors (Lipinski definition) is 2. The summed E-state index contributed by atoms with van der Waals surface area (Å²) in [4.78, 5) is 27.0. The highest BCUT2D eigenvalue weighted by Crippen LogP contribution is 2.13. The smallest absolute Gasteiger partial charge is 0.284 e. The Balaban J connectivity index is 2.07. The van der Waals surface area contributed by atoms with E-state index in [0.717, 1.165) is 16.6 Å². The second-order valence-corrected chi connectivity index (χ2v) is 5.38. The predicted molar refractivity (Wildman–Crippen MR) is 90.0 cm³/mol. The molecule has 1 amide bonds. The second-order valence-electron chi connectivity index (χ2n) is 5.38. The molecule has 0 radical (unpaired) electrons. The molecule has 6 nitrogen and oxygen atoms in total. The van der Waals surface area contributed by atoms with Crippen LogP contribution in [0.5, 0.6) is 0 Å². The molecule has 0 spiro atoms. The summed E-state index contributed by atoms with van der Waals surface area (Å²) in [5, 5.41) is 5.25. The molecule has 2 heterocycles. The first-order chi connectivity index (χ1) is 11.0. The van der Waals surface area contributed by atoms with Gasteiger partial charge in [0, 0.05) is 16.6 Å². The standard InChI is InChI=1S/C17H16N4O2/c1-10-7-11(2)21(17(23)15(10)16(18)22)19-9-13-8-12-5-3-4-6-14(12)20-13/h3-9,20H,1-2H3,(H2,18,22)/b19-9+. The fourth-order valence-corrected chi connectivity index (χ4v) is 2.61. The molecule has 0 fully saturated rings. The van der Waals surface area contributed by atoms with E-state index in [-0.39, 0.29) is 5.56 Å². The molecule has 6 heteroatoms. The summed E-state index contributed by atoms with van der Waals surface area (Å²) in [7, 11) is 0. The summed E-state index contributed by atoms with van der Waals surface area (Å²) in [5.41, 5.74) is 7.66. The van der Waals surface area contributed by atoms with Crippen molar-refractivity contribution in [3.05, 3.63) is 69.3 Å². The highest BCUT2D eigenvalue weighted by Gasteiger charge is 2.14. The van der Waals surface area contributed by atoms with E-state index in [0.29, 0.717) is 11.3 Å². The number of nitrogens with zero attached hydrogens (tertiary/aromatic N) is 2. The zero-order chi connectivity index (χ0) is 16.6. The van der Waals surface area contributed by atoms with Crippen molar-refractivity contribution in [1.82, 2.24) is 9.66 Å². The molecule has 3 aromatic rings. The molecular formula is C17H16N4O2. The Kier molecular flexibility index (Phi) is 3.57. The molecule has 3 rings (SSSR count). The molecule has 1 aromatic carbocycles. The van der Waals surface area contributed by atoms with Crippen LogP contribution in [0.25, 0.3) is 10.9 Å². The van der Waals surface area contributed by atoms with Crippen LogP contribution in [0.1, 0.15) is 27.3 Å². The van der Waals surface area contributed by atoms with Gasteiger partial charge in [0.15, 0.2) is 0 Å². The number of primary amides is 1. The molecular weight excluding hydrogens is 292 g/mol. The average Bonchev–Trinajstić information content (AvgIpc) is 2.88.